The monoisotopic (exact) mass is 977 g/mol. The Bertz CT molecular complexity index is 1220. The summed E-state index contributed by atoms with van der Waals surface area (Å²) in [6, 6.07) is 0. The third-order valence-electron chi connectivity index (χ3n) is 13.1. The first-order valence-corrected chi connectivity index (χ1v) is 29.3. The molecule has 1 heterocycles. The van der Waals surface area contributed by atoms with Crippen LogP contribution in [0.4, 0.5) is 0 Å². The predicted molar refractivity (Wildman–Crippen MR) is 271 cm³/mol. The number of aliphatic hydroxyl groups is 3. The molecule has 1 saturated heterocycles. The van der Waals surface area contributed by atoms with Crippen LogP contribution in [0.5, 0.6) is 0 Å². The van der Waals surface area contributed by atoms with Gasteiger partial charge < -0.3 is 34.3 Å². The van der Waals surface area contributed by atoms with Crippen LogP contribution in [0.3, 0.4) is 0 Å². The van der Waals surface area contributed by atoms with Crippen molar-refractivity contribution in [2.75, 3.05) is 26.4 Å². The standard InChI is InChI=1S/C54H104O12S/c1-3-5-7-9-11-13-15-17-19-20-21-22-23-24-25-26-27-28-29-31-33-35-37-39-41-43-50(56)64-48(47-63-54-52(58)53(66-67(59,60)61)51(57)49(45-55)65-54)46-62-44-42-40-38-36-34-32-30-18-16-14-12-10-8-6-4-2/h16,18,48-49,51-55,57-58H,3-15,17,19-47H2,1-2H3,(H,59,60,61)/b18-16-. The lowest BCUT2D eigenvalue weighted by molar-refractivity contribution is -0.301. The minimum absolute atomic E-state index is 0.0377. The summed E-state index contributed by atoms with van der Waals surface area (Å²) >= 11 is 0. The molecule has 1 fully saturated rings. The number of ether oxygens (including phenoxy) is 4. The third-order valence-corrected chi connectivity index (χ3v) is 13.6. The van der Waals surface area contributed by atoms with Gasteiger partial charge in [-0.05, 0) is 38.5 Å². The number of aliphatic hydroxyl groups excluding tert-OH is 3. The summed E-state index contributed by atoms with van der Waals surface area (Å²) in [4.78, 5) is 12.9. The van der Waals surface area contributed by atoms with Gasteiger partial charge in [0, 0.05) is 13.0 Å². The van der Waals surface area contributed by atoms with Crippen LogP contribution in [0.15, 0.2) is 12.2 Å². The highest BCUT2D eigenvalue weighted by molar-refractivity contribution is 7.80. The van der Waals surface area contributed by atoms with Gasteiger partial charge in [0.25, 0.3) is 0 Å². The number of carbonyl (C=O) groups excluding carboxylic acids is 1. The minimum atomic E-state index is -5.06. The van der Waals surface area contributed by atoms with Crippen molar-refractivity contribution in [3.05, 3.63) is 12.2 Å². The molecule has 1 aliphatic heterocycles. The normalized spacial score (nSPS) is 19.4. The average molecular weight is 977 g/mol. The van der Waals surface area contributed by atoms with E-state index in [2.05, 4.69) is 30.2 Å². The van der Waals surface area contributed by atoms with Gasteiger partial charge in [0.05, 0.1) is 19.8 Å². The second kappa shape index (κ2) is 45.9. The molecule has 0 aromatic carbocycles. The average Bonchev–Trinajstić information content (AvgIpc) is 3.30. The highest BCUT2D eigenvalue weighted by Gasteiger charge is 2.48. The number of esters is 1. The Morgan fingerprint density at radius 3 is 1.34 bits per heavy atom. The van der Waals surface area contributed by atoms with Crippen molar-refractivity contribution in [2.24, 2.45) is 0 Å². The molecule has 12 nitrogen and oxygen atoms in total. The maximum absolute atomic E-state index is 12.9. The summed E-state index contributed by atoms with van der Waals surface area (Å²) in [7, 11) is -5.06. The zero-order chi connectivity index (χ0) is 48.9. The minimum Gasteiger partial charge on any atom is -0.457 e. The molecule has 6 unspecified atom stereocenters. The van der Waals surface area contributed by atoms with Crippen LogP contribution in [-0.2, 0) is 38.3 Å². The van der Waals surface area contributed by atoms with Crippen molar-refractivity contribution < 1.29 is 56.2 Å². The molecule has 13 heteroatoms. The van der Waals surface area contributed by atoms with E-state index in [-0.39, 0.29) is 19.6 Å². The van der Waals surface area contributed by atoms with Crippen LogP contribution in [-0.4, -0.2) is 97.5 Å². The number of unbranched alkanes of at least 4 members (excludes halogenated alkanes) is 35. The summed E-state index contributed by atoms with van der Waals surface area (Å²) in [6.07, 6.45) is 44.0. The van der Waals surface area contributed by atoms with Crippen molar-refractivity contribution in [3.8, 4) is 0 Å². The van der Waals surface area contributed by atoms with Crippen molar-refractivity contribution in [1.82, 2.24) is 0 Å². The van der Waals surface area contributed by atoms with Gasteiger partial charge in [0.1, 0.15) is 30.5 Å². The van der Waals surface area contributed by atoms with Crippen molar-refractivity contribution in [2.45, 2.75) is 301 Å². The lowest BCUT2D eigenvalue weighted by atomic mass is 9.99. The van der Waals surface area contributed by atoms with E-state index in [4.69, 9.17) is 18.9 Å². The highest BCUT2D eigenvalue weighted by Crippen LogP contribution is 2.26. The molecule has 1 aliphatic rings. The molecule has 0 amide bonds. The second-order valence-corrected chi connectivity index (χ2v) is 20.6. The van der Waals surface area contributed by atoms with Crippen molar-refractivity contribution in [1.29, 1.82) is 0 Å². The molecule has 398 valence electrons. The zero-order valence-electron chi connectivity index (χ0n) is 43.0. The van der Waals surface area contributed by atoms with E-state index in [0.717, 1.165) is 44.9 Å². The summed E-state index contributed by atoms with van der Waals surface area (Å²) in [5, 5.41) is 30.8. The predicted octanol–water partition coefficient (Wildman–Crippen LogP) is 13.4. The quantitative estimate of drug-likeness (QED) is 0.0197. The maximum Gasteiger partial charge on any atom is 0.397 e. The Labute approximate surface area is 410 Å². The van der Waals surface area contributed by atoms with Gasteiger partial charge in [0.15, 0.2) is 6.29 Å². The fourth-order valence-electron chi connectivity index (χ4n) is 8.91. The first-order valence-electron chi connectivity index (χ1n) is 27.9. The van der Waals surface area contributed by atoms with E-state index in [9.17, 15) is 33.1 Å². The maximum atomic E-state index is 12.9. The van der Waals surface area contributed by atoms with Gasteiger partial charge >= 0.3 is 16.4 Å². The number of allylic oxidation sites excluding steroid dienone is 2. The van der Waals surface area contributed by atoms with Crippen LogP contribution < -0.4 is 0 Å². The van der Waals surface area contributed by atoms with E-state index in [1.54, 1.807) is 0 Å². The SMILES string of the molecule is CCCCCCC/C=C\CCCCCCCCOCC(COC1OC(CO)C(O)C(OS(=O)(=O)O)C1O)OC(=O)CCCCCCCCCCCCCCCCCCCCCCCCCCC. The number of hydrogen-bond acceptors (Lipinski definition) is 11. The van der Waals surface area contributed by atoms with E-state index in [1.807, 2.05) is 0 Å². The van der Waals surface area contributed by atoms with Gasteiger partial charge in [-0.2, -0.15) is 8.42 Å². The van der Waals surface area contributed by atoms with Gasteiger partial charge in [0.2, 0.25) is 0 Å². The molecule has 0 aromatic rings. The lowest BCUT2D eigenvalue weighted by Crippen LogP contribution is -2.60. The highest BCUT2D eigenvalue weighted by atomic mass is 32.3. The summed E-state index contributed by atoms with van der Waals surface area (Å²) in [5.74, 6) is -0.394. The molecule has 0 aromatic heterocycles. The number of carbonyl (C=O) groups is 1. The van der Waals surface area contributed by atoms with Gasteiger partial charge in [-0.15, -0.1) is 0 Å². The molecule has 0 bridgehead atoms. The molecular weight excluding hydrogens is 873 g/mol. The summed E-state index contributed by atoms with van der Waals surface area (Å²) in [6.45, 7) is 4.03. The van der Waals surface area contributed by atoms with E-state index in [1.165, 1.54) is 193 Å². The Morgan fingerprint density at radius 1 is 0.552 bits per heavy atom. The van der Waals surface area contributed by atoms with E-state index < -0.39 is 59.8 Å². The summed E-state index contributed by atoms with van der Waals surface area (Å²) < 4.78 is 59.3. The van der Waals surface area contributed by atoms with Crippen molar-refractivity contribution in [3.63, 3.8) is 0 Å². The Balaban J connectivity index is 2.27. The first-order chi connectivity index (χ1) is 32.6. The lowest BCUT2D eigenvalue weighted by Gasteiger charge is -2.41. The van der Waals surface area contributed by atoms with Gasteiger partial charge in [-0.1, -0.05) is 231 Å². The van der Waals surface area contributed by atoms with Crippen LogP contribution >= 0.6 is 0 Å². The Morgan fingerprint density at radius 2 is 0.940 bits per heavy atom. The Hall–Kier alpha value is -1.16. The zero-order valence-corrected chi connectivity index (χ0v) is 43.8. The molecule has 4 N–H and O–H groups in total. The molecule has 6 atom stereocenters. The first kappa shape index (κ1) is 63.9. The second-order valence-electron chi connectivity index (χ2n) is 19.5. The van der Waals surface area contributed by atoms with Crippen LogP contribution in [0.25, 0.3) is 0 Å². The van der Waals surface area contributed by atoms with Gasteiger partial charge in [-0.3, -0.25) is 9.35 Å². The molecule has 0 aliphatic carbocycles. The molecular formula is C54H104O12S. The third kappa shape index (κ3) is 39.2. The van der Waals surface area contributed by atoms with Crippen molar-refractivity contribution >= 4 is 16.4 Å². The number of rotatable bonds is 50. The topological polar surface area (TPSA) is 178 Å². The molecule has 0 radical (unpaired) electrons. The Kier molecular flexibility index (Phi) is 43.8. The van der Waals surface area contributed by atoms with Crippen LogP contribution in [0, 0.1) is 0 Å². The molecule has 67 heavy (non-hydrogen) atoms. The van der Waals surface area contributed by atoms with Crippen LogP contribution in [0.1, 0.15) is 264 Å². The largest absolute Gasteiger partial charge is 0.457 e. The molecule has 1 rings (SSSR count). The van der Waals surface area contributed by atoms with E-state index in [0.29, 0.717) is 13.0 Å². The molecule has 0 saturated carbocycles. The smallest absolute Gasteiger partial charge is 0.397 e. The number of hydrogen-bond donors (Lipinski definition) is 4. The molecule has 0 spiro atoms. The van der Waals surface area contributed by atoms with Gasteiger partial charge in [-0.25, -0.2) is 4.18 Å². The fourth-order valence-corrected chi connectivity index (χ4v) is 9.41. The van der Waals surface area contributed by atoms with Crippen LogP contribution in [0.2, 0.25) is 0 Å². The van der Waals surface area contributed by atoms with E-state index >= 15 is 0 Å². The fraction of sp³-hybridized carbons (Fsp3) is 0.944. The summed E-state index contributed by atoms with van der Waals surface area (Å²) in [5.41, 5.74) is 0.